The van der Waals surface area contributed by atoms with Gasteiger partial charge in [0.25, 0.3) is 5.91 Å². The van der Waals surface area contributed by atoms with Crippen LogP contribution in [0.25, 0.3) is 0 Å². The molecule has 2 heterocycles. The number of rotatable bonds is 6. The number of thioether (sulfide) groups is 1. The van der Waals surface area contributed by atoms with Gasteiger partial charge in [-0.25, -0.2) is 0 Å². The summed E-state index contributed by atoms with van der Waals surface area (Å²) in [5.41, 5.74) is 2.35. The van der Waals surface area contributed by atoms with Crippen LogP contribution in [0, 0.1) is 6.92 Å². The summed E-state index contributed by atoms with van der Waals surface area (Å²) in [7, 11) is 0. The Labute approximate surface area is 198 Å². The summed E-state index contributed by atoms with van der Waals surface area (Å²) in [5, 5.41) is 3.33. The summed E-state index contributed by atoms with van der Waals surface area (Å²) in [4.78, 5) is 30.8. The van der Waals surface area contributed by atoms with Gasteiger partial charge in [-0.3, -0.25) is 14.5 Å². The zero-order valence-electron chi connectivity index (χ0n) is 18.1. The number of benzene rings is 2. The van der Waals surface area contributed by atoms with Gasteiger partial charge in [0.05, 0.1) is 13.2 Å². The second kappa shape index (κ2) is 10.7. The van der Waals surface area contributed by atoms with E-state index in [2.05, 4.69) is 10.2 Å². The topological polar surface area (TPSA) is 61.9 Å². The molecule has 4 rings (SSSR count). The lowest BCUT2D eigenvalue weighted by Gasteiger charge is -2.30. The predicted molar refractivity (Wildman–Crippen MR) is 128 cm³/mol. The summed E-state index contributed by atoms with van der Waals surface area (Å²) in [6.07, 6.45) is 0. The molecule has 6 nitrogen and oxygen atoms in total. The summed E-state index contributed by atoms with van der Waals surface area (Å²) in [6, 6.07) is 14.5. The average Bonchev–Trinajstić information content (AvgIpc) is 3.25. The first-order valence-electron chi connectivity index (χ1n) is 10.9. The zero-order chi connectivity index (χ0) is 22.5. The van der Waals surface area contributed by atoms with Crippen LogP contribution in [0.2, 0.25) is 5.02 Å². The molecule has 2 unspecified atom stereocenters. The van der Waals surface area contributed by atoms with Gasteiger partial charge in [0.15, 0.2) is 0 Å². The van der Waals surface area contributed by atoms with Gasteiger partial charge in [0, 0.05) is 48.1 Å². The number of nitrogens with zero attached hydrogens (tertiary/aromatic N) is 2. The van der Waals surface area contributed by atoms with Crippen LogP contribution in [0.5, 0.6) is 0 Å². The lowest BCUT2D eigenvalue weighted by molar-refractivity contribution is -0.124. The molecule has 1 N–H and O–H groups in total. The minimum Gasteiger partial charge on any atom is -0.379 e. The second-order valence-corrected chi connectivity index (χ2v) is 9.52. The lowest BCUT2D eigenvalue weighted by atomic mass is 10.1. The molecule has 2 amide bonds. The van der Waals surface area contributed by atoms with Gasteiger partial charge in [0.1, 0.15) is 11.4 Å². The highest BCUT2D eigenvalue weighted by Crippen LogP contribution is 2.44. The van der Waals surface area contributed by atoms with Crippen molar-refractivity contribution < 1.29 is 14.3 Å². The third-order valence-electron chi connectivity index (χ3n) is 5.92. The molecule has 0 aliphatic carbocycles. The maximum Gasteiger partial charge on any atom is 0.256 e. The molecular weight excluding hydrogens is 446 g/mol. The van der Waals surface area contributed by atoms with Crippen LogP contribution in [-0.2, 0) is 9.53 Å². The number of nitrogens with one attached hydrogen (secondary N) is 1. The Hall–Kier alpha value is -2.06. The smallest absolute Gasteiger partial charge is 0.256 e. The number of halogens is 1. The Kier molecular flexibility index (Phi) is 7.73. The minimum absolute atomic E-state index is 0.123. The van der Waals surface area contributed by atoms with Gasteiger partial charge >= 0.3 is 0 Å². The van der Waals surface area contributed by atoms with Crippen molar-refractivity contribution in [3.63, 3.8) is 0 Å². The van der Waals surface area contributed by atoms with Crippen LogP contribution in [-0.4, -0.2) is 72.8 Å². The molecule has 2 aliphatic heterocycles. The first-order chi connectivity index (χ1) is 15.6. The molecule has 2 aliphatic rings. The Balaban J connectivity index is 1.53. The van der Waals surface area contributed by atoms with Gasteiger partial charge in [-0.2, -0.15) is 0 Å². The summed E-state index contributed by atoms with van der Waals surface area (Å²) in [5.74, 6) is 0.255. The third-order valence-corrected chi connectivity index (χ3v) is 7.56. The van der Waals surface area contributed by atoms with E-state index in [9.17, 15) is 9.59 Å². The molecule has 0 radical (unpaired) electrons. The van der Waals surface area contributed by atoms with E-state index in [1.165, 1.54) is 0 Å². The number of ether oxygens (including phenoxy) is 1. The number of carbonyl (C=O) groups excluding carboxylic acids is 2. The van der Waals surface area contributed by atoms with Crippen LogP contribution >= 0.6 is 23.4 Å². The number of morpholine rings is 1. The van der Waals surface area contributed by atoms with Gasteiger partial charge in [-0.05, 0) is 24.6 Å². The third kappa shape index (κ3) is 5.12. The van der Waals surface area contributed by atoms with Crippen molar-refractivity contribution in [3.05, 3.63) is 70.2 Å². The van der Waals surface area contributed by atoms with Crippen LogP contribution in [0.15, 0.2) is 48.5 Å². The normalized spacial score (nSPS) is 21.5. The molecule has 2 aromatic rings. The Bertz CT molecular complexity index is 967. The highest BCUT2D eigenvalue weighted by Gasteiger charge is 2.43. The molecule has 0 aromatic heterocycles. The molecule has 2 fully saturated rings. The minimum atomic E-state index is -0.557. The Morgan fingerprint density at radius 1 is 1.12 bits per heavy atom. The highest BCUT2D eigenvalue weighted by molar-refractivity contribution is 7.99. The maximum atomic E-state index is 13.7. The van der Waals surface area contributed by atoms with Gasteiger partial charge in [0.2, 0.25) is 5.91 Å². The van der Waals surface area contributed by atoms with E-state index < -0.39 is 6.04 Å². The standard InChI is InChI=1S/C24H28ClN3O3S/c1-17-6-2-3-7-18(17)23(30)28-21(16-32-24(28)19-8-4-5-9-20(19)25)22(29)26-10-11-27-12-14-31-15-13-27/h2-9,21,24H,10-16H2,1H3,(H,26,29). The fourth-order valence-corrected chi connectivity index (χ4v) is 5.87. The monoisotopic (exact) mass is 473 g/mol. The predicted octanol–water partition coefficient (Wildman–Crippen LogP) is 3.35. The average molecular weight is 474 g/mol. The summed E-state index contributed by atoms with van der Waals surface area (Å²) < 4.78 is 5.38. The van der Waals surface area contributed by atoms with E-state index in [-0.39, 0.29) is 17.2 Å². The molecular formula is C24H28ClN3O3S. The number of aryl methyl sites for hydroxylation is 1. The summed E-state index contributed by atoms with van der Waals surface area (Å²) >= 11 is 8.06. The molecule has 0 saturated carbocycles. The molecule has 2 atom stereocenters. The van der Waals surface area contributed by atoms with E-state index in [0.29, 0.717) is 22.9 Å². The first kappa shape index (κ1) is 23.1. The number of carbonyl (C=O) groups is 2. The zero-order valence-corrected chi connectivity index (χ0v) is 19.7. The van der Waals surface area contributed by atoms with Gasteiger partial charge in [-0.15, -0.1) is 11.8 Å². The maximum absolute atomic E-state index is 13.7. The molecule has 170 valence electrons. The van der Waals surface area contributed by atoms with Crippen LogP contribution < -0.4 is 5.32 Å². The van der Waals surface area contributed by atoms with E-state index in [1.54, 1.807) is 16.7 Å². The van der Waals surface area contributed by atoms with Crippen molar-refractivity contribution in [1.82, 2.24) is 15.1 Å². The fraction of sp³-hybridized carbons (Fsp3) is 0.417. The lowest BCUT2D eigenvalue weighted by Crippen LogP contribution is -2.50. The van der Waals surface area contributed by atoms with Crippen molar-refractivity contribution in [2.24, 2.45) is 0 Å². The van der Waals surface area contributed by atoms with Gasteiger partial charge < -0.3 is 15.0 Å². The van der Waals surface area contributed by atoms with E-state index in [0.717, 1.165) is 44.0 Å². The second-order valence-electron chi connectivity index (χ2n) is 8.00. The van der Waals surface area contributed by atoms with E-state index in [4.69, 9.17) is 16.3 Å². The Morgan fingerprint density at radius 3 is 2.59 bits per heavy atom. The largest absolute Gasteiger partial charge is 0.379 e. The number of hydrogen-bond acceptors (Lipinski definition) is 5. The van der Waals surface area contributed by atoms with Crippen molar-refractivity contribution in [2.45, 2.75) is 18.3 Å². The van der Waals surface area contributed by atoms with Crippen LogP contribution in [0.4, 0.5) is 0 Å². The number of amides is 2. The van der Waals surface area contributed by atoms with Gasteiger partial charge in [-0.1, -0.05) is 48.0 Å². The fourth-order valence-electron chi connectivity index (χ4n) is 4.10. The summed E-state index contributed by atoms with van der Waals surface area (Å²) in [6.45, 7) is 6.44. The molecule has 2 aromatic carbocycles. The Morgan fingerprint density at radius 2 is 1.84 bits per heavy atom. The van der Waals surface area contributed by atoms with E-state index in [1.807, 2.05) is 55.5 Å². The number of hydrogen-bond donors (Lipinski definition) is 1. The molecule has 0 bridgehead atoms. The molecule has 8 heteroatoms. The molecule has 32 heavy (non-hydrogen) atoms. The molecule has 0 spiro atoms. The van der Waals surface area contributed by atoms with Crippen molar-refractivity contribution in [3.8, 4) is 0 Å². The van der Waals surface area contributed by atoms with Crippen molar-refractivity contribution in [2.75, 3.05) is 45.1 Å². The van der Waals surface area contributed by atoms with Crippen LogP contribution in [0.3, 0.4) is 0 Å². The first-order valence-corrected chi connectivity index (χ1v) is 12.3. The highest BCUT2D eigenvalue weighted by atomic mass is 35.5. The van der Waals surface area contributed by atoms with E-state index >= 15 is 0 Å². The molecule has 2 saturated heterocycles. The van der Waals surface area contributed by atoms with Crippen molar-refractivity contribution in [1.29, 1.82) is 0 Å². The van der Waals surface area contributed by atoms with Crippen molar-refractivity contribution >= 4 is 35.2 Å². The van der Waals surface area contributed by atoms with Crippen LogP contribution in [0.1, 0.15) is 26.9 Å². The quantitative estimate of drug-likeness (QED) is 0.697. The SMILES string of the molecule is Cc1ccccc1C(=O)N1C(C(=O)NCCN2CCOCC2)CSC1c1ccccc1Cl.